The summed E-state index contributed by atoms with van der Waals surface area (Å²) in [5.74, 6) is 0.0486. The molecule has 0 saturated heterocycles. The number of hydrogen-bond acceptors (Lipinski definition) is 3. The molecular formula is C13H29N3O. The SMILES string of the molecule is CNC(C)(C)C(=O)NCCN(C(C)C)C(C)C. The largest absolute Gasteiger partial charge is 0.353 e. The Kier molecular flexibility index (Phi) is 6.72. The Hall–Kier alpha value is -0.610. The van der Waals surface area contributed by atoms with Gasteiger partial charge in [0.25, 0.3) is 0 Å². The van der Waals surface area contributed by atoms with E-state index in [2.05, 4.69) is 43.2 Å². The molecule has 4 heteroatoms. The minimum absolute atomic E-state index is 0.0486. The van der Waals surface area contributed by atoms with Crippen molar-refractivity contribution in [2.75, 3.05) is 20.1 Å². The van der Waals surface area contributed by atoms with Gasteiger partial charge in [-0.1, -0.05) is 0 Å². The number of nitrogens with one attached hydrogen (secondary N) is 2. The predicted octanol–water partition coefficient (Wildman–Crippen LogP) is 1.22. The Balaban J connectivity index is 4.10. The highest BCUT2D eigenvalue weighted by Crippen LogP contribution is 2.04. The number of carbonyl (C=O) groups excluding carboxylic acids is 1. The van der Waals surface area contributed by atoms with E-state index in [4.69, 9.17) is 0 Å². The Morgan fingerprint density at radius 2 is 1.65 bits per heavy atom. The zero-order chi connectivity index (χ0) is 13.6. The molecule has 2 N–H and O–H groups in total. The number of rotatable bonds is 7. The Morgan fingerprint density at radius 3 is 2.00 bits per heavy atom. The van der Waals surface area contributed by atoms with Crippen LogP contribution in [0.2, 0.25) is 0 Å². The average Bonchev–Trinajstić information content (AvgIpc) is 2.22. The fourth-order valence-electron chi connectivity index (χ4n) is 1.75. The lowest BCUT2D eigenvalue weighted by Crippen LogP contribution is -2.52. The van der Waals surface area contributed by atoms with Crippen LogP contribution in [-0.4, -0.2) is 48.6 Å². The molecule has 0 aliphatic carbocycles. The summed E-state index contributed by atoms with van der Waals surface area (Å²) < 4.78 is 0. The van der Waals surface area contributed by atoms with Gasteiger partial charge in [-0.25, -0.2) is 0 Å². The van der Waals surface area contributed by atoms with Crippen molar-refractivity contribution in [3.8, 4) is 0 Å². The Labute approximate surface area is 106 Å². The third-order valence-electron chi connectivity index (χ3n) is 3.17. The van der Waals surface area contributed by atoms with Crippen LogP contribution in [0.4, 0.5) is 0 Å². The molecule has 102 valence electrons. The highest BCUT2D eigenvalue weighted by molar-refractivity contribution is 5.85. The summed E-state index contributed by atoms with van der Waals surface area (Å²) in [6.45, 7) is 14.1. The second kappa shape index (κ2) is 6.97. The van der Waals surface area contributed by atoms with Gasteiger partial charge in [-0.2, -0.15) is 0 Å². The summed E-state index contributed by atoms with van der Waals surface area (Å²) in [5.41, 5.74) is -0.500. The summed E-state index contributed by atoms with van der Waals surface area (Å²) in [7, 11) is 1.80. The number of amides is 1. The highest BCUT2D eigenvalue weighted by atomic mass is 16.2. The molecule has 0 aliphatic heterocycles. The van der Waals surface area contributed by atoms with Gasteiger partial charge in [0.05, 0.1) is 5.54 Å². The maximum Gasteiger partial charge on any atom is 0.239 e. The van der Waals surface area contributed by atoms with Gasteiger partial charge in [-0.3, -0.25) is 9.69 Å². The predicted molar refractivity (Wildman–Crippen MR) is 73.1 cm³/mol. The smallest absolute Gasteiger partial charge is 0.239 e. The van der Waals surface area contributed by atoms with Crippen LogP contribution in [0.25, 0.3) is 0 Å². The van der Waals surface area contributed by atoms with Crippen LogP contribution in [0.15, 0.2) is 0 Å². The van der Waals surface area contributed by atoms with Crippen LogP contribution in [-0.2, 0) is 4.79 Å². The summed E-state index contributed by atoms with van der Waals surface area (Å²) >= 11 is 0. The summed E-state index contributed by atoms with van der Waals surface area (Å²) in [5, 5.41) is 5.97. The molecule has 0 rings (SSSR count). The second-order valence-electron chi connectivity index (χ2n) is 5.56. The molecule has 0 aromatic carbocycles. The first-order valence-corrected chi connectivity index (χ1v) is 6.45. The van der Waals surface area contributed by atoms with Crippen molar-refractivity contribution < 1.29 is 4.79 Å². The van der Waals surface area contributed by atoms with Gasteiger partial charge >= 0.3 is 0 Å². The van der Waals surface area contributed by atoms with Crippen LogP contribution in [0, 0.1) is 0 Å². The lowest BCUT2D eigenvalue weighted by Gasteiger charge is -2.31. The van der Waals surface area contributed by atoms with E-state index < -0.39 is 5.54 Å². The number of hydrogen-bond donors (Lipinski definition) is 2. The Morgan fingerprint density at radius 1 is 1.18 bits per heavy atom. The van der Waals surface area contributed by atoms with Gasteiger partial charge in [0, 0.05) is 25.2 Å². The molecule has 0 fully saturated rings. The first kappa shape index (κ1) is 16.4. The monoisotopic (exact) mass is 243 g/mol. The minimum atomic E-state index is -0.500. The van der Waals surface area contributed by atoms with Crippen LogP contribution in [0.5, 0.6) is 0 Å². The van der Waals surface area contributed by atoms with Crippen LogP contribution < -0.4 is 10.6 Å². The molecular weight excluding hydrogens is 214 g/mol. The molecule has 4 nitrogen and oxygen atoms in total. The number of nitrogens with zero attached hydrogens (tertiary/aromatic N) is 1. The summed E-state index contributed by atoms with van der Waals surface area (Å²) in [6.07, 6.45) is 0. The van der Waals surface area contributed by atoms with E-state index in [0.717, 1.165) is 6.54 Å². The maximum absolute atomic E-state index is 11.8. The lowest BCUT2D eigenvalue weighted by molar-refractivity contribution is -0.126. The third-order valence-corrected chi connectivity index (χ3v) is 3.17. The molecule has 17 heavy (non-hydrogen) atoms. The van der Waals surface area contributed by atoms with Crippen molar-refractivity contribution in [1.29, 1.82) is 0 Å². The van der Waals surface area contributed by atoms with Gasteiger partial charge < -0.3 is 10.6 Å². The molecule has 1 amide bonds. The van der Waals surface area contributed by atoms with Crippen molar-refractivity contribution in [2.24, 2.45) is 0 Å². The first-order chi connectivity index (χ1) is 7.72. The quantitative estimate of drug-likeness (QED) is 0.706. The molecule has 0 aromatic rings. The Bertz CT molecular complexity index is 229. The number of likely N-dealkylation sites (N-methyl/N-ethyl adjacent to an activating group) is 1. The topological polar surface area (TPSA) is 44.4 Å². The van der Waals surface area contributed by atoms with E-state index in [1.165, 1.54) is 0 Å². The zero-order valence-corrected chi connectivity index (χ0v) is 12.4. The van der Waals surface area contributed by atoms with Crippen molar-refractivity contribution in [2.45, 2.75) is 59.2 Å². The standard InChI is InChI=1S/C13H29N3O/c1-10(2)16(11(3)4)9-8-15-12(17)13(5,6)14-7/h10-11,14H,8-9H2,1-7H3,(H,15,17). The summed E-state index contributed by atoms with van der Waals surface area (Å²) in [6, 6.07) is 1.01. The molecule has 0 bridgehead atoms. The lowest BCUT2D eigenvalue weighted by atomic mass is 10.1. The molecule has 0 aliphatic rings. The van der Waals surface area contributed by atoms with Gasteiger partial charge in [-0.15, -0.1) is 0 Å². The molecule has 0 heterocycles. The van der Waals surface area contributed by atoms with Crippen molar-refractivity contribution in [3.63, 3.8) is 0 Å². The number of carbonyl (C=O) groups is 1. The minimum Gasteiger partial charge on any atom is -0.353 e. The van der Waals surface area contributed by atoms with E-state index in [0.29, 0.717) is 18.6 Å². The van der Waals surface area contributed by atoms with Gasteiger partial charge in [0.1, 0.15) is 0 Å². The zero-order valence-electron chi connectivity index (χ0n) is 12.4. The fourth-order valence-corrected chi connectivity index (χ4v) is 1.75. The normalized spacial score (nSPS) is 12.6. The fraction of sp³-hybridized carbons (Fsp3) is 0.923. The summed E-state index contributed by atoms with van der Waals surface area (Å²) in [4.78, 5) is 14.2. The molecule has 0 saturated carbocycles. The van der Waals surface area contributed by atoms with Gasteiger partial charge in [0.15, 0.2) is 0 Å². The first-order valence-electron chi connectivity index (χ1n) is 6.45. The second-order valence-corrected chi connectivity index (χ2v) is 5.56. The molecule has 0 aromatic heterocycles. The third kappa shape index (κ3) is 5.50. The highest BCUT2D eigenvalue weighted by Gasteiger charge is 2.24. The van der Waals surface area contributed by atoms with Crippen molar-refractivity contribution in [1.82, 2.24) is 15.5 Å². The van der Waals surface area contributed by atoms with Crippen molar-refractivity contribution in [3.05, 3.63) is 0 Å². The van der Waals surface area contributed by atoms with Gasteiger partial charge in [-0.05, 0) is 48.6 Å². The van der Waals surface area contributed by atoms with Crippen LogP contribution in [0.1, 0.15) is 41.5 Å². The van der Waals surface area contributed by atoms with Crippen LogP contribution in [0.3, 0.4) is 0 Å². The van der Waals surface area contributed by atoms with Crippen molar-refractivity contribution >= 4 is 5.91 Å². The van der Waals surface area contributed by atoms with Gasteiger partial charge in [0.2, 0.25) is 5.91 Å². The molecule has 0 radical (unpaired) electrons. The molecule has 0 spiro atoms. The van der Waals surface area contributed by atoms with Crippen LogP contribution >= 0.6 is 0 Å². The molecule has 0 unspecified atom stereocenters. The van der Waals surface area contributed by atoms with E-state index >= 15 is 0 Å². The van der Waals surface area contributed by atoms with E-state index in [1.54, 1.807) is 7.05 Å². The average molecular weight is 243 g/mol. The van der Waals surface area contributed by atoms with E-state index in [9.17, 15) is 4.79 Å². The van der Waals surface area contributed by atoms with E-state index in [-0.39, 0.29) is 5.91 Å². The molecule has 0 atom stereocenters. The maximum atomic E-state index is 11.8. The van der Waals surface area contributed by atoms with E-state index in [1.807, 2.05) is 13.8 Å².